The van der Waals surface area contributed by atoms with Gasteiger partial charge in [-0.2, -0.15) is 27.9 Å². The molecule has 180 valence electrons. The van der Waals surface area contributed by atoms with E-state index in [1.807, 2.05) is 12.1 Å². The molecule has 0 aliphatic heterocycles. The van der Waals surface area contributed by atoms with Crippen LogP contribution in [0.3, 0.4) is 0 Å². The lowest BCUT2D eigenvalue weighted by Gasteiger charge is -2.12. The van der Waals surface area contributed by atoms with E-state index >= 15 is 0 Å². The summed E-state index contributed by atoms with van der Waals surface area (Å²) < 4.78 is 43.0. The van der Waals surface area contributed by atoms with Gasteiger partial charge in [-0.3, -0.25) is 4.79 Å². The van der Waals surface area contributed by atoms with E-state index in [9.17, 15) is 18.0 Å². The number of carbonyl (C=O) groups is 1. The van der Waals surface area contributed by atoms with Gasteiger partial charge in [0.1, 0.15) is 5.69 Å². The van der Waals surface area contributed by atoms with Crippen molar-refractivity contribution < 1.29 is 27.6 Å². The number of hydrogen-bond acceptors (Lipinski definition) is 6. The Morgan fingerprint density at radius 1 is 1.03 bits per heavy atom. The molecule has 0 aliphatic rings. The Morgan fingerprint density at radius 2 is 1.63 bits per heavy atom. The molecule has 0 aliphatic carbocycles. The Morgan fingerprint density at radius 3 is 2.17 bits per heavy atom. The summed E-state index contributed by atoms with van der Waals surface area (Å²) in [5.41, 5.74) is 2.41. The fraction of sp³-hybridized carbons (Fsp3) is 0.174. The smallest absolute Gasteiger partial charge is 0.326 e. The molecule has 0 saturated heterocycles. The van der Waals surface area contributed by atoms with Crippen LogP contribution in [-0.4, -0.2) is 36.8 Å². The van der Waals surface area contributed by atoms with Gasteiger partial charge >= 0.3 is 12.3 Å². The molecule has 0 saturated carbocycles. The highest BCUT2D eigenvalue weighted by molar-refractivity contribution is 5.88. The van der Waals surface area contributed by atoms with Crippen LogP contribution in [0.25, 0.3) is 22.6 Å². The number of carbonyl (C=O) groups excluding carboxylic acids is 3. The molecule has 0 spiro atoms. The van der Waals surface area contributed by atoms with Crippen LogP contribution in [0, 0.1) is 0 Å². The second-order valence-corrected chi connectivity index (χ2v) is 7.19. The second kappa shape index (κ2) is 10.6. The zero-order chi connectivity index (χ0) is 25.6. The number of nitrogens with one attached hydrogen (secondary N) is 1. The molecule has 0 unspecified atom stereocenters. The summed E-state index contributed by atoms with van der Waals surface area (Å²) >= 11 is 0. The van der Waals surface area contributed by atoms with E-state index in [4.69, 9.17) is 9.59 Å². The van der Waals surface area contributed by atoms with Gasteiger partial charge in [-0.25, -0.2) is 9.36 Å². The van der Waals surface area contributed by atoms with Gasteiger partial charge < -0.3 is 5.32 Å². The van der Waals surface area contributed by atoms with Crippen molar-refractivity contribution in [1.29, 1.82) is 0 Å². The maximum absolute atomic E-state index is 13.5. The molecule has 0 radical (unpaired) electrons. The zero-order valence-corrected chi connectivity index (χ0v) is 18.6. The molecule has 4 rings (SSSR count). The van der Waals surface area contributed by atoms with E-state index in [1.54, 1.807) is 49.5 Å². The van der Waals surface area contributed by atoms with E-state index in [2.05, 4.69) is 20.7 Å². The van der Waals surface area contributed by atoms with Gasteiger partial charge in [0, 0.05) is 23.7 Å². The first-order valence-corrected chi connectivity index (χ1v) is 10.2. The van der Waals surface area contributed by atoms with Crippen LogP contribution in [0.15, 0.2) is 60.9 Å². The first-order valence-electron chi connectivity index (χ1n) is 10.2. The van der Waals surface area contributed by atoms with Crippen molar-refractivity contribution in [2.75, 3.05) is 5.32 Å². The summed E-state index contributed by atoms with van der Waals surface area (Å²) in [6.45, 7) is 3.10. The summed E-state index contributed by atoms with van der Waals surface area (Å²) in [5, 5.41) is 14.9. The molecule has 35 heavy (non-hydrogen) atoms. The fourth-order valence-corrected chi connectivity index (χ4v) is 3.34. The maximum Gasteiger partial charge on any atom is 0.433 e. The molecule has 1 N–H and O–H groups in total. The third-order valence-corrected chi connectivity index (χ3v) is 4.85. The second-order valence-electron chi connectivity index (χ2n) is 7.19. The largest absolute Gasteiger partial charge is 0.433 e. The summed E-state index contributed by atoms with van der Waals surface area (Å²) in [7, 11) is 0. The van der Waals surface area contributed by atoms with E-state index in [1.165, 1.54) is 17.8 Å². The van der Waals surface area contributed by atoms with E-state index < -0.39 is 11.9 Å². The Labute approximate surface area is 197 Å². The zero-order valence-electron chi connectivity index (χ0n) is 18.6. The van der Waals surface area contributed by atoms with Gasteiger partial charge in [0.05, 0.1) is 23.8 Å². The molecule has 0 fully saturated rings. The molecular weight excluding hydrogens is 465 g/mol. The van der Waals surface area contributed by atoms with Crippen molar-refractivity contribution in [3.05, 3.63) is 72.2 Å². The minimum atomic E-state index is -4.50. The molecule has 12 heteroatoms. The number of rotatable bonds is 5. The Bertz CT molecular complexity index is 1340. The Balaban J connectivity index is 0.00000108. The van der Waals surface area contributed by atoms with Crippen molar-refractivity contribution in [3.8, 4) is 22.6 Å². The summed E-state index contributed by atoms with van der Waals surface area (Å²) in [6, 6.07) is 13.6. The Hall–Kier alpha value is -4.57. The van der Waals surface area contributed by atoms with Gasteiger partial charge in [0.2, 0.25) is 5.91 Å². The van der Waals surface area contributed by atoms with Gasteiger partial charge in [-0.05, 0) is 42.8 Å². The quantitative estimate of drug-likeness (QED) is 0.457. The summed E-state index contributed by atoms with van der Waals surface area (Å²) in [4.78, 5) is 27.4. The monoisotopic (exact) mass is 484 g/mol. The van der Waals surface area contributed by atoms with Crippen LogP contribution in [0.2, 0.25) is 0 Å². The molecule has 4 aromatic rings. The summed E-state index contributed by atoms with van der Waals surface area (Å²) in [5.74, 6) is -0.157. The number of alkyl halides is 3. The predicted molar refractivity (Wildman–Crippen MR) is 118 cm³/mol. The predicted octanol–water partition coefficient (Wildman–Crippen LogP) is 4.08. The lowest BCUT2D eigenvalue weighted by Crippen LogP contribution is -2.15. The third-order valence-electron chi connectivity index (χ3n) is 4.85. The molecule has 0 atom stereocenters. The molecule has 0 bridgehead atoms. The van der Waals surface area contributed by atoms with Crippen LogP contribution < -0.4 is 5.32 Å². The van der Waals surface area contributed by atoms with E-state index in [-0.39, 0.29) is 24.0 Å². The molecule has 2 aromatic carbocycles. The highest BCUT2D eigenvalue weighted by Crippen LogP contribution is 2.34. The number of nitrogens with zero attached hydrogens (tertiary/aromatic N) is 5. The number of anilines is 1. The minimum Gasteiger partial charge on any atom is -0.326 e. The van der Waals surface area contributed by atoms with Gasteiger partial charge in [-0.15, -0.1) is 5.10 Å². The average Bonchev–Trinajstić information content (AvgIpc) is 3.47. The molecule has 9 nitrogen and oxygen atoms in total. The number of amides is 1. The number of hydrogen-bond donors (Lipinski definition) is 1. The average molecular weight is 484 g/mol. The van der Waals surface area contributed by atoms with Crippen molar-refractivity contribution >= 4 is 17.7 Å². The lowest BCUT2D eigenvalue weighted by atomic mass is 10.1. The topological polar surface area (TPSA) is 112 Å². The maximum atomic E-state index is 13.5. The van der Waals surface area contributed by atoms with E-state index in [0.717, 1.165) is 10.2 Å². The Kier molecular flexibility index (Phi) is 7.57. The summed E-state index contributed by atoms with van der Waals surface area (Å²) in [6.07, 6.45) is -1.05. The first-order chi connectivity index (χ1) is 16.7. The molecule has 1 amide bonds. The normalized spacial score (nSPS) is 10.8. The van der Waals surface area contributed by atoms with Crippen molar-refractivity contribution in [2.24, 2.45) is 0 Å². The molecular formula is C23H19F3N6O3. The van der Waals surface area contributed by atoms with Crippen LogP contribution in [0.1, 0.15) is 25.1 Å². The fourth-order valence-electron chi connectivity index (χ4n) is 3.34. The van der Waals surface area contributed by atoms with E-state index in [0.29, 0.717) is 22.8 Å². The minimum absolute atomic E-state index is 0.145. The highest BCUT2D eigenvalue weighted by atomic mass is 19.4. The van der Waals surface area contributed by atoms with Gasteiger partial charge in [0.15, 0.2) is 5.69 Å². The van der Waals surface area contributed by atoms with Crippen LogP contribution in [0.4, 0.5) is 18.9 Å². The van der Waals surface area contributed by atoms with Gasteiger partial charge in [0.25, 0.3) is 0 Å². The number of halogens is 3. The molecule has 2 heterocycles. The first kappa shape index (κ1) is 25.1. The van der Waals surface area contributed by atoms with Crippen LogP contribution >= 0.6 is 0 Å². The van der Waals surface area contributed by atoms with Crippen molar-refractivity contribution in [3.63, 3.8) is 0 Å². The van der Waals surface area contributed by atoms with Crippen LogP contribution in [-0.2, 0) is 27.0 Å². The van der Waals surface area contributed by atoms with Gasteiger partial charge in [-0.1, -0.05) is 24.3 Å². The number of aromatic nitrogens is 5. The molecule has 2 aromatic heterocycles. The van der Waals surface area contributed by atoms with Crippen molar-refractivity contribution in [2.45, 2.75) is 26.4 Å². The highest BCUT2D eigenvalue weighted by Gasteiger charge is 2.38. The van der Waals surface area contributed by atoms with Crippen LogP contribution in [0.5, 0.6) is 0 Å². The third kappa shape index (κ3) is 5.87. The lowest BCUT2D eigenvalue weighted by molar-refractivity contribution is -0.191. The van der Waals surface area contributed by atoms with Crippen molar-refractivity contribution in [1.82, 2.24) is 24.8 Å². The SMILES string of the molecule is CCc1cnn(-c2ccc(-n3cc(-c4ccc(NC(C)=O)cc4)nn3)cc2)c1C(F)(F)F.O=C=O. The standard InChI is InChI=1S/C22H19F3N6O.CO2/c1-3-15-12-26-31(21(15)22(23,24)25)19-10-8-18(9-11-19)30-13-20(28-29-30)16-4-6-17(7-5-16)27-14(2)32;2-1-3/h4-13H,3H2,1-2H3,(H,27,32);. The number of aryl methyl sites for hydroxylation is 1. The number of benzene rings is 2.